The predicted molar refractivity (Wildman–Crippen MR) is 119 cm³/mol. The number of unbranched alkanes of at least 4 members (excludes halogenated alkanes) is 1. The fourth-order valence-electron chi connectivity index (χ4n) is 2.92. The second kappa shape index (κ2) is 13.0. The lowest BCUT2D eigenvalue weighted by atomic mass is 9.98. The van der Waals surface area contributed by atoms with Crippen molar-refractivity contribution in [1.29, 1.82) is 0 Å². The number of benzene rings is 2. The first-order valence-corrected chi connectivity index (χ1v) is 10.6. The van der Waals surface area contributed by atoms with E-state index in [9.17, 15) is 24.5 Å². The number of carbonyl (C=O) groups is 3. The Bertz CT molecular complexity index is 1020. The summed E-state index contributed by atoms with van der Waals surface area (Å²) in [6.07, 6.45) is -0.543. The van der Waals surface area contributed by atoms with E-state index in [4.69, 9.17) is 18.9 Å². The van der Waals surface area contributed by atoms with Gasteiger partial charge in [0.2, 0.25) is 0 Å². The number of rotatable bonds is 13. The summed E-state index contributed by atoms with van der Waals surface area (Å²) in [6.45, 7) is 2.27. The Hall–Kier alpha value is -3.89. The summed E-state index contributed by atoms with van der Waals surface area (Å²) < 4.78 is 20.1. The van der Waals surface area contributed by atoms with Crippen LogP contribution >= 0.6 is 0 Å². The average Bonchev–Trinajstić information content (AvgIpc) is 2.83. The summed E-state index contributed by atoms with van der Waals surface area (Å²) in [7, 11) is 1.59. The molecule has 2 unspecified atom stereocenters. The van der Waals surface area contributed by atoms with Crippen LogP contribution in [0.4, 0.5) is 0 Å². The van der Waals surface area contributed by atoms with E-state index >= 15 is 0 Å². The number of esters is 3. The lowest BCUT2D eigenvalue weighted by Crippen LogP contribution is -2.30. The molecule has 2 aromatic rings. The van der Waals surface area contributed by atoms with Crippen molar-refractivity contribution in [2.75, 3.05) is 26.9 Å². The lowest BCUT2D eigenvalue weighted by molar-refractivity contribution is -0.757. The van der Waals surface area contributed by atoms with Gasteiger partial charge >= 0.3 is 17.9 Å². The van der Waals surface area contributed by atoms with Crippen LogP contribution < -0.4 is 4.74 Å². The molecule has 0 saturated heterocycles. The maximum atomic E-state index is 12.5. The minimum Gasteiger partial charge on any atom is -0.497 e. The molecule has 2 rings (SSSR count). The molecule has 0 aliphatic carbocycles. The van der Waals surface area contributed by atoms with Crippen molar-refractivity contribution in [2.24, 2.45) is 0 Å². The van der Waals surface area contributed by atoms with Crippen molar-refractivity contribution >= 4 is 28.7 Å². The number of fused-ring (bicyclic) bond motifs is 1. The van der Waals surface area contributed by atoms with Gasteiger partial charge < -0.3 is 23.8 Å². The molecule has 2 aromatic carbocycles. The topological polar surface area (TPSA) is 141 Å². The first-order chi connectivity index (χ1) is 16.2. The first kappa shape index (κ1) is 26.4. The van der Waals surface area contributed by atoms with Gasteiger partial charge in [0.05, 0.1) is 26.2 Å². The summed E-state index contributed by atoms with van der Waals surface area (Å²) >= 11 is 0. The molecule has 0 heterocycles. The fraction of sp³-hybridized carbons (Fsp3) is 0.435. The molecule has 0 aliphatic rings. The molecule has 0 aromatic heterocycles. The van der Waals surface area contributed by atoms with Crippen molar-refractivity contribution in [3.8, 4) is 5.75 Å². The van der Waals surface area contributed by atoms with Crippen LogP contribution in [0.3, 0.4) is 0 Å². The largest absolute Gasteiger partial charge is 0.497 e. The first-order valence-electron chi connectivity index (χ1n) is 10.6. The quantitative estimate of drug-likeness (QED) is 0.139. The van der Waals surface area contributed by atoms with Gasteiger partial charge in [-0.1, -0.05) is 24.3 Å². The Balaban J connectivity index is 1.76. The zero-order chi connectivity index (χ0) is 25.1. The molecule has 0 fully saturated rings. The third-order valence-corrected chi connectivity index (χ3v) is 4.88. The number of nitrogens with zero attached hydrogens (tertiary/aromatic N) is 1. The highest BCUT2D eigenvalue weighted by molar-refractivity contribution is 5.88. The van der Waals surface area contributed by atoms with Crippen molar-refractivity contribution in [1.82, 2.24) is 0 Å². The van der Waals surface area contributed by atoms with Crippen LogP contribution in [0.2, 0.25) is 0 Å². The number of ether oxygens (including phenoxy) is 4. The number of hydrogen-bond acceptors (Lipinski definition) is 10. The van der Waals surface area contributed by atoms with Crippen molar-refractivity contribution in [3.63, 3.8) is 0 Å². The Labute approximate surface area is 196 Å². The van der Waals surface area contributed by atoms with E-state index in [1.54, 1.807) is 20.1 Å². The normalized spacial score (nSPS) is 12.3. The van der Waals surface area contributed by atoms with Gasteiger partial charge in [-0.25, -0.2) is 9.59 Å². The zero-order valence-corrected chi connectivity index (χ0v) is 19.2. The van der Waals surface area contributed by atoms with Crippen LogP contribution in [0.25, 0.3) is 10.8 Å². The van der Waals surface area contributed by atoms with Gasteiger partial charge in [-0.05, 0) is 55.2 Å². The molecule has 11 nitrogen and oxygen atoms in total. The molecule has 0 bridgehead atoms. The smallest absolute Gasteiger partial charge is 0.347 e. The van der Waals surface area contributed by atoms with Crippen molar-refractivity contribution < 1.29 is 43.3 Å². The molecule has 0 spiro atoms. The predicted octanol–water partition coefficient (Wildman–Crippen LogP) is 2.96. The Morgan fingerprint density at radius 1 is 0.941 bits per heavy atom. The second-order valence-electron chi connectivity index (χ2n) is 7.37. The third-order valence-electron chi connectivity index (χ3n) is 4.88. The molecule has 0 amide bonds. The molecular weight excluding hydrogens is 450 g/mol. The highest BCUT2D eigenvalue weighted by Gasteiger charge is 2.25. The number of methoxy groups -OCH3 is 1. The molecule has 0 radical (unpaired) electrons. The Kier molecular flexibility index (Phi) is 10.1. The minimum atomic E-state index is -1.22. The van der Waals surface area contributed by atoms with Gasteiger partial charge in [0.25, 0.3) is 5.09 Å². The van der Waals surface area contributed by atoms with E-state index in [1.807, 2.05) is 30.3 Å². The van der Waals surface area contributed by atoms with Gasteiger partial charge in [0.1, 0.15) is 5.75 Å². The van der Waals surface area contributed by atoms with Crippen LogP contribution in [0.5, 0.6) is 5.75 Å². The van der Waals surface area contributed by atoms with Crippen LogP contribution in [-0.2, 0) is 33.4 Å². The van der Waals surface area contributed by atoms with E-state index in [1.165, 1.54) is 6.92 Å². The number of hydrogen-bond donors (Lipinski definition) is 0. The summed E-state index contributed by atoms with van der Waals surface area (Å²) in [6, 6.07) is 11.1. The molecule has 2 atom stereocenters. The summed E-state index contributed by atoms with van der Waals surface area (Å²) in [5, 5.41) is 11.0. The van der Waals surface area contributed by atoms with Crippen molar-refractivity contribution in [3.05, 3.63) is 52.1 Å². The van der Waals surface area contributed by atoms with Crippen molar-refractivity contribution in [2.45, 2.75) is 38.7 Å². The molecule has 34 heavy (non-hydrogen) atoms. The second-order valence-corrected chi connectivity index (χ2v) is 7.37. The SMILES string of the molecule is COc1ccc2cc(C(C)C(=O)OC(C)C(=O)OCC(=O)OCCCCO[N+](=O)[O-])ccc2c1. The summed E-state index contributed by atoms with van der Waals surface area (Å²) in [5.41, 5.74) is 0.718. The Morgan fingerprint density at radius 3 is 2.32 bits per heavy atom. The minimum absolute atomic E-state index is 0.00193. The lowest BCUT2D eigenvalue weighted by Gasteiger charge is -2.16. The van der Waals surface area contributed by atoms with E-state index in [-0.39, 0.29) is 13.2 Å². The van der Waals surface area contributed by atoms with Gasteiger partial charge in [0, 0.05) is 0 Å². The average molecular weight is 477 g/mol. The highest BCUT2D eigenvalue weighted by atomic mass is 16.9. The third kappa shape index (κ3) is 8.23. The maximum Gasteiger partial charge on any atom is 0.347 e. The maximum absolute atomic E-state index is 12.5. The fourth-order valence-corrected chi connectivity index (χ4v) is 2.92. The van der Waals surface area contributed by atoms with E-state index < -0.39 is 41.6 Å². The standard InChI is InChI=1S/C23H27NO10/c1-15(17-6-7-19-13-20(30-3)9-8-18(19)12-17)22(26)34-16(2)23(27)32-14-21(25)31-10-4-5-11-33-24(28)29/h6-9,12-13,15-16H,4-5,10-11,14H2,1-3H3. The van der Waals surface area contributed by atoms with Crippen LogP contribution in [0.15, 0.2) is 36.4 Å². The van der Waals surface area contributed by atoms with Gasteiger partial charge in [0.15, 0.2) is 12.7 Å². The monoisotopic (exact) mass is 477 g/mol. The zero-order valence-electron chi connectivity index (χ0n) is 19.2. The summed E-state index contributed by atoms with van der Waals surface area (Å²) in [5.74, 6) is -2.19. The Morgan fingerprint density at radius 2 is 1.62 bits per heavy atom. The van der Waals surface area contributed by atoms with Crippen LogP contribution in [0, 0.1) is 10.1 Å². The molecule has 0 aliphatic heterocycles. The van der Waals surface area contributed by atoms with Gasteiger partial charge in [-0.2, -0.15) is 0 Å². The van der Waals surface area contributed by atoms with Crippen LogP contribution in [0.1, 0.15) is 38.2 Å². The highest BCUT2D eigenvalue weighted by Crippen LogP contribution is 2.26. The van der Waals surface area contributed by atoms with E-state index in [0.717, 1.165) is 22.1 Å². The van der Waals surface area contributed by atoms with Crippen LogP contribution in [-0.4, -0.2) is 56.0 Å². The van der Waals surface area contributed by atoms with E-state index in [0.29, 0.717) is 12.8 Å². The molecule has 0 N–H and O–H groups in total. The molecular formula is C23H27NO10. The number of carbonyl (C=O) groups excluding carboxylic acids is 3. The van der Waals surface area contributed by atoms with Gasteiger partial charge in [-0.3, -0.25) is 4.79 Å². The van der Waals surface area contributed by atoms with E-state index in [2.05, 4.69) is 4.84 Å². The molecule has 11 heteroatoms. The van der Waals surface area contributed by atoms with Gasteiger partial charge in [-0.15, -0.1) is 10.1 Å². The molecule has 0 saturated carbocycles. The summed E-state index contributed by atoms with van der Waals surface area (Å²) in [4.78, 5) is 50.3. The molecule has 184 valence electrons.